The minimum absolute atomic E-state index is 0.158. The first-order valence-electron chi connectivity index (χ1n) is 6.97. The Morgan fingerprint density at radius 1 is 1.17 bits per heavy atom. The topological polar surface area (TPSA) is 75.6 Å². The smallest absolute Gasteiger partial charge is 0.411 e. The number of alkyl halides is 3. The SMILES string of the molecule is O=C(O)C1(C(=O)NCc2ccc(COCC(F)(F)F)cc2)CC1. The maximum Gasteiger partial charge on any atom is 0.411 e. The van der Waals surface area contributed by atoms with Crippen LogP contribution in [0, 0.1) is 5.41 Å². The fourth-order valence-corrected chi connectivity index (χ4v) is 2.05. The van der Waals surface area contributed by atoms with Gasteiger partial charge in [0.25, 0.3) is 0 Å². The number of hydrogen-bond acceptors (Lipinski definition) is 3. The number of carbonyl (C=O) groups is 2. The van der Waals surface area contributed by atoms with Crippen molar-refractivity contribution in [3.05, 3.63) is 35.4 Å². The van der Waals surface area contributed by atoms with Crippen molar-refractivity contribution in [1.29, 1.82) is 0 Å². The molecule has 0 saturated heterocycles. The summed E-state index contributed by atoms with van der Waals surface area (Å²) in [5.41, 5.74) is 0.0124. The second-order valence-corrected chi connectivity index (χ2v) is 5.49. The van der Waals surface area contributed by atoms with Crippen LogP contribution in [0.5, 0.6) is 0 Å². The first kappa shape index (κ1) is 17.3. The van der Waals surface area contributed by atoms with Gasteiger partial charge in [-0.15, -0.1) is 0 Å². The average molecular weight is 331 g/mol. The molecule has 1 aromatic rings. The largest absolute Gasteiger partial charge is 0.480 e. The third-order valence-corrected chi connectivity index (χ3v) is 3.60. The van der Waals surface area contributed by atoms with E-state index in [9.17, 15) is 22.8 Å². The number of carbonyl (C=O) groups excluding carboxylic acids is 1. The molecule has 0 unspecified atom stereocenters. The molecule has 23 heavy (non-hydrogen) atoms. The fourth-order valence-electron chi connectivity index (χ4n) is 2.05. The van der Waals surface area contributed by atoms with Gasteiger partial charge in [0.05, 0.1) is 6.61 Å². The summed E-state index contributed by atoms with van der Waals surface area (Å²) < 4.78 is 40.4. The molecule has 0 bridgehead atoms. The predicted octanol–water partition coefficient (Wildman–Crippen LogP) is 2.25. The maximum absolute atomic E-state index is 11.9. The molecular weight excluding hydrogens is 315 g/mol. The van der Waals surface area contributed by atoms with Crippen molar-refractivity contribution in [2.45, 2.75) is 32.2 Å². The molecule has 1 aliphatic carbocycles. The van der Waals surface area contributed by atoms with Crippen LogP contribution in [0.15, 0.2) is 24.3 Å². The third-order valence-electron chi connectivity index (χ3n) is 3.60. The summed E-state index contributed by atoms with van der Waals surface area (Å²) >= 11 is 0. The van der Waals surface area contributed by atoms with Gasteiger partial charge in [-0.2, -0.15) is 13.2 Å². The molecule has 0 spiro atoms. The van der Waals surface area contributed by atoms with E-state index in [0.29, 0.717) is 18.4 Å². The van der Waals surface area contributed by atoms with E-state index in [1.165, 1.54) is 0 Å². The minimum atomic E-state index is -4.35. The van der Waals surface area contributed by atoms with Gasteiger partial charge in [-0.05, 0) is 24.0 Å². The van der Waals surface area contributed by atoms with Crippen LogP contribution in [-0.2, 0) is 27.5 Å². The van der Waals surface area contributed by atoms with Gasteiger partial charge in [0.2, 0.25) is 5.91 Å². The summed E-state index contributed by atoms with van der Waals surface area (Å²) in [5.74, 6) is -1.63. The molecule has 1 amide bonds. The number of halogens is 3. The normalized spacial score (nSPS) is 16.0. The molecule has 0 aromatic heterocycles. The lowest BCUT2D eigenvalue weighted by Crippen LogP contribution is -2.36. The van der Waals surface area contributed by atoms with Crippen LogP contribution in [0.25, 0.3) is 0 Å². The zero-order valence-electron chi connectivity index (χ0n) is 12.2. The maximum atomic E-state index is 11.9. The van der Waals surface area contributed by atoms with E-state index >= 15 is 0 Å². The molecule has 1 saturated carbocycles. The second-order valence-electron chi connectivity index (χ2n) is 5.49. The van der Waals surface area contributed by atoms with Crippen LogP contribution in [0.1, 0.15) is 24.0 Å². The van der Waals surface area contributed by atoms with E-state index in [2.05, 4.69) is 10.1 Å². The molecule has 1 aromatic carbocycles. The highest BCUT2D eigenvalue weighted by molar-refractivity contribution is 6.04. The summed E-state index contributed by atoms with van der Waals surface area (Å²) in [7, 11) is 0. The van der Waals surface area contributed by atoms with Crippen LogP contribution < -0.4 is 5.32 Å². The van der Waals surface area contributed by atoms with Crippen LogP contribution in [0.4, 0.5) is 13.2 Å². The molecule has 5 nitrogen and oxygen atoms in total. The number of benzene rings is 1. The van der Waals surface area contributed by atoms with E-state index in [1.54, 1.807) is 24.3 Å². The molecule has 1 fully saturated rings. The summed E-state index contributed by atoms with van der Waals surface area (Å²) in [6, 6.07) is 6.49. The Bertz CT molecular complexity index is 579. The Morgan fingerprint density at radius 2 is 1.74 bits per heavy atom. The van der Waals surface area contributed by atoms with Crippen LogP contribution in [-0.4, -0.2) is 29.8 Å². The van der Waals surface area contributed by atoms with E-state index < -0.39 is 30.1 Å². The Hall–Kier alpha value is -2.09. The minimum Gasteiger partial charge on any atom is -0.480 e. The van der Waals surface area contributed by atoms with E-state index in [-0.39, 0.29) is 13.2 Å². The lowest BCUT2D eigenvalue weighted by atomic mass is 10.1. The highest BCUT2D eigenvalue weighted by Crippen LogP contribution is 2.46. The quantitative estimate of drug-likeness (QED) is 0.752. The van der Waals surface area contributed by atoms with Gasteiger partial charge in [-0.1, -0.05) is 24.3 Å². The number of nitrogens with one attached hydrogen (secondary N) is 1. The van der Waals surface area contributed by atoms with Crippen LogP contribution in [0.3, 0.4) is 0 Å². The highest BCUT2D eigenvalue weighted by Gasteiger charge is 2.56. The van der Waals surface area contributed by atoms with Crippen LogP contribution in [0.2, 0.25) is 0 Å². The Balaban J connectivity index is 1.79. The first-order chi connectivity index (χ1) is 10.7. The Kier molecular flexibility index (Phi) is 4.93. The van der Waals surface area contributed by atoms with Crippen LogP contribution >= 0.6 is 0 Å². The Morgan fingerprint density at radius 3 is 2.22 bits per heavy atom. The number of aliphatic carboxylic acids is 1. The van der Waals surface area contributed by atoms with Gasteiger partial charge in [-0.3, -0.25) is 9.59 Å². The van der Waals surface area contributed by atoms with Gasteiger partial charge in [0.15, 0.2) is 0 Å². The van der Waals surface area contributed by atoms with Gasteiger partial charge in [0.1, 0.15) is 12.0 Å². The molecule has 8 heteroatoms. The molecule has 2 rings (SSSR count). The van der Waals surface area contributed by atoms with Crippen molar-refractivity contribution < 1.29 is 32.6 Å². The molecule has 0 atom stereocenters. The van der Waals surface area contributed by atoms with Crippen molar-refractivity contribution >= 4 is 11.9 Å². The third kappa shape index (κ3) is 4.69. The highest BCUT2D eigenvalue weighted by atomic mass is 19.4. The predicted molar refractivity (Wildman–Crippen MR) is 73.3 cm³/mol. The number of carboxylic acid groups (broad SMARTS) is 1. The van der Waals surface area contributed by atoms with Crippen molar-refractivity contribution in [1.82, 2.24) is 5.32 Å². The van der Waals surface area contributed by atoms with Crippen molar-refractivity contribution in [2.24, 2.45) is 5.41 Å². The Labute approximate surface area is 130 Å². The van der Waals surface area contributed by atoms with E-state index in [1.807, 2.05) is 0 Å². The van der Waals surface area contributed by atoms with Crippen molar-refractivity contribution in [3.63, 3.8) is 0 Å². The number of ether oxygens (including phenoxy) is 1. The zero-order chi connectivity index (χ0) is 17.1. The van der Waals surface area contributed by atoms with E-state index in [4.69, 9.17) is 5.11 Å². The first-order valence-corrected chi connectivity index (χ1v) is 6.97. The summed E-state index contributed by atoms with van der Waals surface area (Å²) in [6.07, 6.45) is -3.68. The van der Waals surface area contributed by atoms with Gasteiger partial charge in [-0.25, -0.2) is 0 Å². The lowest BCUT2D eigenvalue weighted by Gasteiger charge is -2.11. The lowest BCUT2D eigenvalue weighted by molar-refractivity contribution is -0.176. The van der Waals surface area contributed by atoms with Crippen molar-refractivity contribution in [3.8, 4) is 0 Å². The average Bonchev–Trinajstić information content (AvgIpc) is 3.26. The van der Waals surface area contributed by atoms with Gasteiger partial charge < -0.3 is 15.2 Å². The number of hydrogen-bond donors (Lipinski definition) is 2. The molecule has 0 heterocycles. The molecule has 0 radical (unpaired) electrons. The monoisotopic (exact) mass is 331 g/mol. The molecule has 1 aliphatic rings. The number of rotatable bonds is 7. The molecular formula is C15H16F3NO4. The molecule has 2 N–H and O–H groups in total. The standard InChI is InChI=1S/C15H16F3NO4/c16-15(17,18)9-23-8-11-3-1-10(2-4-11)7-19-12(20)14(5-6-14)13(21)22/h1-4H,5-9H2,(H,19,20)(H,21,22). The number of amides is 1. The van der Waals surface area contributed by atoms with E-state index in [0.717, 1.165) is 5.56 Å². The summed E-state index contributed by atoms with van der Waals surface area (Å²) in [6.45, 7) is -1.30. The summed E-state index contributed by atoms with van der Waals surface area (Å²) in [5, 5.41) is 11.6. The number of carboxylic acids is 1. The van der Waals surface area contributed by atoms with Crippen molar-refractivity contribution in [2.75, 3.05) is 6.61 Å². The molecule has 126 valence electrons. The zero-order valence-corrected chi connectivity index (χ0v) is 12.2. The molecule has 0 aliphatic heterocycles. The fraction of sp³-hybridized carbons (Fsp3) is 0.467. The van der Waals surface area contributed by atoms with Gasteiger partial charge in [0, 0.05) is 6.54 Å². The summed E-state index contributed by atoms with van der Waals surface area (Å²) in [4.78, 5) is 22.8. The second kappa shape index (κ2) is 6.57. The van der Waals surface area contributed by atoms with Gasteiger partial charge >= 0.3 is 12.1 Å².